The lowest BCUT2D eigenvalue weighted by molar-refractivity contribution is 0.225. The van der Waals surface area contributed by atoms with Gasteiger partial charge in [-0.2, -0.15) is 0 Å². The molecule has 1 atom stereocenters. The lowest BCUT2D eigenvalue weighted by Gasteiger charge is -2.15. The summed E-state index contributed by atoms with van der Waals surface area (Å²) in [6.45, 7) is 2.05. The highest BCUT2D eigenvalue weighted by Gasteiger charge is 2.16. The van der Waals surface area contributed by atoms with E-state index in [2.05, 4.69) is 31.2 Å². The van der Waals surface area contributed by atoms with Crippen molar-refractivity contribution in [3.63, 3.8) is 0 Å². The molecule has 1 unspecified atom stereocenters. The van der Waals surface area contributed by atoms with Crippen LogP contribution >= 0.6 is 11.3 Å². The summed E-state index contributed by atoms with van der Waals surface area (Å²) in [6, 6.07) is 16.4. The molecule has 3 aromatic rings. The van der Waals surface area contributed by atoms with Crippen LogP contribution in [0.3, 0.4) is 0 Å². The van der Waals surface area contributed by atoms with Crippen molar-refractivity contribution in [2.45, 2.75) is 13.0 Å². The van der Waals surface area contributed by atoms with Gasteiger partial charge >= 0.3 is 0 Å². The first-order valence-electron chi connectivity index (χ1n) is 5.97. The molecule has 0 aliphatic rings. The first-order chi connectivity index (χ1) is 8.77. The molecule has 0 aliphatic heterocycles. The van der Waals surface area contributed by atoms with Crippen molar-refractivity contribution in [3.05, 3.63) is 69.9 Å². The zero-order valence-corrected chi connectivity index (χ0v) is 10.9. The Kier molecular flexibility index (Phi) is 2.90. The summed E-state index contributed by atoms with van der Waals surface area (Å²) in [6.07, 6.45) is -0.531. The minimum Gasteiger partial charge on any atom is -0.383 e. The molecule has 0 spiro atoms. The minimum absolute atomic E-state index is 0.531. The summed E-state index contributed by atoms with van der Waals surface area (Å²) in [7, 11) is 0. The van der Waals surface area contributed by atoms with Crippen LogP contribution in [0.2, 0.25) is 0 Å². The molecule has 1 heterocycles. The maximum Gasteiger partial charge on any atom is 0.114 e. The average Bonchev–Trinajstić information content (AvgIpc) is 2.92. The lowest BCUT2D eigenvalue weighted by atomic mass is 9.95. The fraction of sp³-hybridized carbons (Fsp3) is 0.125. The molecule has 0 fully saturated rings. The Labute approximate surface area is 110 Å². The van der Waals surface area contributed by atoms with Gasteiger partial charge in [-0.05, 0) is 40.3 Å². The highest BCUT2D eigenvalue weighted by Crippen LogP contribution is 2.33. The number of hydrogen-bond acceptors (Lipinski definition) is 2. The normalized spacial score (nSPS) is 12.8. The van der Waals surface area contributed by atoms with Crippen LogP contribution in [0.1, 0.15) is 22.1 Å². The van der Waals surface area contributed by atoms with Crippen molar-refractivity contribution in [2.75, 3.05) is 0 Å². The topological polar surface area (TPSA) is 20.2 Å². The lowest BCUT2D eigenvalue weighted by Crippen LogP contribution is -2.01. The average molecular weight is 254 g/mol. The number of aliphatic hydroxyl groups is 1. The van der Waals surface area contributed by atoms with Crippen LogP contribution in [0.4, 0.5) is 0 Å². The Morgan fingerprint density at radius 2 is 1.83 bits per heavy atom. The van der Waals surface area contributed by atoms with Crippen molar-refractivity contribution < 1.29 is 5.11 Å². The van der Waals surface area contributed by atoms with Gasteiger partial charge in [0.05, 0.1) is 0 Å². The second kappa shape index (κ2) is 4.56. The van der Waals surface area contributed by atoms with E-state index >= 15 is 0 Å². The predicted molar refractivity (Wildman–Crippen MR) is 77.1 cm³/mol. The smallest absolute Gasteiger partial charge is 0.114 e. The SMILES string of the molecule is Cc1ccc2ccccc2c1C(O)c1cccs1. The molecule has 3 rings (SSSR count). The van der Waals surface area contributed by atoms with Crippen molar-refractivity contribution in [2.24, 2.45) is 0 Å². The van der Waals surface area contributed by atoms with Crippen LogP contribution in [0, 0.1) is 6.92 Å². The van der Waals surface area contributed by atoms with Gasteiger partial charge in [0.2, 0.25) is 0 Å². The molecule has 0 saturated heterocycles. The molecule has 0 saturated carbocycles. The predicted octanol–water partition coefficient (Wildman–Crippen LogP) is 4.29. The Morgan fingerprint density at radius 1 is 1.00 bits per heavy atom. The third-order valence-electron chi connectivity index (χ3n) is 3.27. The number of fused-ring (bicyclic) bond motifs is 1. The summed E-state index contributed by atoms with van der Waals surface area (Å²) in [5.41, 5.74) is 2.16. The van der Waals surface area contributed by atoms with Gasteiger partial charge in [0.15, 0.2) is 0 Å². The van der Waals surface area contributed by atoms with Crippen LogP contribution in [0.5, 0.6) is 0 Å². The summed E-state index contributed by atoms with van der Waals surface area (Å²) in [5, 5.41) is 14.9. The third-order valence-corrected chi connectivity index (χ3v) is 4.20. The van der Waals surface area contributed by atoms with E-state index in [1.165, 1.54) is 5.39 Å². The molecule has 0 aliphatic carbocycles. The number of rotatable bonds is 2. The molecule has 2 aromatic carbocycles. The Hall–Kier alpha value is -1.64. The highest BCUT2D eigenvalue weighted by molar-refractivity contribution is 7.10. The van der Waals surface area contributed by atoms with Gasteiger partial charge in [-0.3, -0.25) is 0 Å². The van der Waals surface area contributed by atoms with Crippen LogP contribution < -0.4 is 0 Å². The van der Waals surface area contributed by atoms with E-state index in [0.29, 0.717) is 0 Å². The number of aliphatic hydroxyl groups excluding tert-OH is 1. The summed E-state index contributed by atoms with van der Waals surface area (Å²) in [4.78, 5) is 0.995. The maximum absolute atomic E-state index is 10.6. The van der Waals surface area contributed by atoms with E-state index in [0.717, 1.165) is 21.4 Å². The minimum atomic E-state index is -0.531. The largest absolute Gasteiger partial charge is 0.383 e. The van der Waals surface area contributed by atoms with E-state index in [1.54, 1.807) is 11.3 Å². The van der Waals surface area contributed by atoms with E-state index in [1.807, 2.05) is 29.6 Å². The standard InChI is InChI=1S/C16H14OS/c1-11-8-9-12-5-2-3-6-13(12)15(11)16(17)14-7-4-10-18-14/h2-10,16-17H,1H3. The number of aryl methyl sites for hydroxylation is 1. The zero-order valence-electron chi connectivity index (χ0n) is 10.1. The first-order valence-corrected chi connectivity index (χ1v) is 6.85. The number of benzene rings is 2. The molecule has 90 valence electrons. The monoisotopic (exact) mass is 254 g/mol. The molecule has 1 N–H and O–H groups in total. The van der Waals surface area contributed by atoms with Crippen LogP contribution in [-0.4, -0.2) is 5.11 Å². The fourth-order valence-corrected chi connectivity index (χ4v) is 3.07. The molecular formula is C16H14OS. The molecule has 0 radical (unpaired) electrons. The van der Waals surface area contributed by atoms with Gasteiger partial charge in [-0.15, -0.1) is 11.3 Å². The Bertz CT molecular complexity index is 671. The summed E-state index contributed by atoms with van der Waals surface area (Å²) in [5.74, 6) is 0. The second-order valence-electron chi connectivity index (χ2n) is 4.44. The number of thiophene rings is 1. The van der Waals surface area contributed by atoms with Crippen LogP contribution in [-0.2, 0) is 0 Å². The molecule has 1 nitrogen and oxygen atoms in total. The Morgan fingerprint density at radius 3 is 2.61 bits per heavy atom. The van der Waals surface area contributed by atoms with E-state index in [4.69, 9.17) is 0 Å². The highest BCUT2D eigenvalue weighted by atomic mass is 32.1. The van der Waals surface area contributed by atoms with Gasteiger partial charge in [0.1, 0.15) is 6.10 Å². The van der Waals surface area contributed by atoms with Crippen LogP contribution in [0.15, 0.2) is 53.9 Å². The fourth-order valence-electron chi connectivity index (χ4n) is 2.36. The van der Waals surface area contributed by atoms with Crippen molar-refractivity contribution in [3.8, 4) is 0 Å². The molecule has 18 heavy (non-hydrogen) atoms. The molecule has 1 aromatic heterocycles. The van der Waals surface area contributed by atoms with Crippen molar-refractivity contribution >= 4 is 22.1 Å². The van der Waals surface area contributed by atoms with Gasteiger partial charge in [-0.1, -0.05) is 42.5 Å². The van der Waals surface area contributed by atoms with E-state index < -0.39 is 6.10 Å². The quantitative estimate of drug-likeness (QED) is 0.723. The zero-order chi connectivity index (χ0) is 12.5. The molecule has 0 bridgehead atoms. The second-order valence-corrected chi connectivity index (χ2v) is 5.41. The van der Waals surface area contributed by atoms with E-state index in [9.17, 15) is 5.11 Å². The third kappa shape index (κ3) is 1.84. The van der Waals surface area contributed by atoms with Crippen LogP contribution in [0.25, 0.3) is 10.8 Å². The van der Waals surface area contributed by atoms with Gasteiger partial charge in [-0.25, -0.2) is 0 Å². The van der Waals surface area contributed by atoms with Crippen molar-refractivity contribution in [1.82, 2.24) is 0 Å². The van der Waals surface area contributed by atoms with Crippen molar-refractivity contribution in [1.29, 1.82) is 0 Å². The van der Waals surface area contributed by atoms with Gasteiger partial charge in [0, 0.05) is 4.88 Å². The number of hydrogen-bond donors (Lipinski definition) is 1. The molecule has 2 heteroatoms. The summed E-state index contributed by atoms with van der Waals surface area (Å²) < 4.78 is 0. The molecule has 0 amide bonds. The summed E-state index contributed by atoms with van der Waals surface area (Å²) >= 11 is 1.59. The molecular weight excluding hydrogens is 240 g/mol. The van der Waals surface area contributed by atoms with E-state index in [-0.39, 0.29) is 0 Å². The first kappa shape index (κ1) is 11.5. The van der Waals surface area contributed by atoms with Gasteiger partial charge in [0.25, 0.3) is 0 Å². The maximum atomic E-state index is 10.6. The van der Waals surface area contributed by atoms with Gasteiger partial charge < -0.3 is 5.11 Å². The Balaban J connectivity index is 2.24.